The molecule has 0 fully saturated rings. The summed E-state index contributed by atoms with van der Waals surface area (Å²) in [4.78, 5) is 11.0. The first-order valence-electron chi connectivity index (χ1n) is 6.65. The average Bonchev–Trinajstić information content (AvgIpc) is 2.24. The van der Waals surface area contributed by atoms with E-state index >= 15 is 0 Å². The molecule has 0 rings (SSSR count). The quantitative estimate of drug-likeness (QED) is 0.264. The molecular weight excluding hydrogens is 300 g/mol. The molecule has 20 heavy (non-hydrogen) atoms. The van der Waals surface area contributed by atoms with Gasteiger partial charge in [-0.1, -0.05) is 51.9 Å². The van der Waals surface area contributed by atoms with Gasteiger partial charge in [0, 0.05) is 13.5 Å². The smallest absolute Gasteiger partial charge is 1.00 e. The molecule has 0 radical (unpaired) electrons. The minimum absolute atomic E-state index is 0. The van der Waals surface area contributed by atoms with Gasteiger partial charge in [-0.15, -0.1) is 0 Å². The molecule has 0 saturated carbocycles. The van der Waals surface area contributed by atoms with Gasteiger partial charge in [-0.05, 0) is 6.42 Å². The maximum atomic E-state index is 11.0. The molecule has 0 aliphatic heterocycles. The Hall–Kier alpha value is 1.38. The Morgan fingerprint density at radius 2 is 1.40 bits per heavy atom. The van der Waals surface area contributed by atoms with E-state index in [1.54, 1.807) is 0 Å². The minimum atomic E-state index is -4.39. The van der Waals surface area contributed by atoms with Gasteiger partial charge in [0.05, 0.1) is 0 Å². The number of amides is 1. The van der Waals surface area contributed by atoms with E-state index < -0.39 is 16.2 Å². The zero-order valence-corrected chi connectivity index (χ0v) is 18.2. The third-order valence-electron chi connectivity index (χ3n) is 2.84. The molecule has 0 saturated heterocycles. The van der Waals surface area contributed by atoms with E-state index in [4.69, 9.17) is 4.55 Å². The van der Waals surface area contributed by atoms with Crippen LogP contribution in [0.4, 0.5) is 0 Å². The third kappa shape index (κ3) is 14.3. The molecule has 0 atom stereocenters. The van der Waals surface area contributed by atoms with Crippen LogP contribution in [-0.4, -0.2) is 29.7 Å². The van der Waals surface area contributed by atoms with Crippen molar-refractivity contribution in [1.82, 2.24) is 4.31 Å². The average molecular weight is 327 g/mol. The summed E-state index contributed by atoms with van der Waals surface area (Å²) in [6.07, 6.45) is 8.62. The second-order valence-electron chi connectivity index (χ2n) is 4.54. The number of nitrogens with zero attached hydrogens (tertiary/aromatic N) is 1. The summed E-state index contributed by atoms with van der Waals surface area (Å²) in [5, 5.41) is 0. The van der Waals surface area contributed by atoms with Crippen molar-refractivity contribution in [2.75, 3.05) is 6.54 Å². The monoisotopic (exact) mass is 327 g/mol. The van der Waals surface area contributed by atoms with Crippen molar-refractivity contribution in [3.05, 3.63) is 0 Å². The molecule has 8 heteroatoms. The van der Waals surface area contributed by atoms with E-state index in [1.807, 2.05) is 0 Å². The van der Waals surface area contributed by atoms with Crippen LogP contribution in [-0.2, 0) is 15.1 Å². The van der Waals surface area contributed by atoms with Crippen molar-refractivity contribution in [2.45, 2.75) is 65.2 Å². The number of carbonyl (C=O) groups excluding carboxylic acids is 1. The van der Waals surface area contributed by atoms with Gasteiger partial charge >= 0.3 is 69.4 Å². The van der Waals surface area contributed by atoms with Gasteiger partial charge in [-0.3, -0.25) is 9.35 Å². The van der Waals surface area contributed by atoms with E-state index in [0.717, 1.165) is 26.2 Å². The van der Waals surface area contributed by atoms with Crippen LogP contribution >= 0.6 is 0 Å². The van der Waals surface area contributed by atoms with Crippen LogP contribution in [0.1, 0.15) is 68.1 Å². The molecule has 1 N–H and O–H groups in total. The van der Waals surface area contributed by atoms with Crippen molar-refractivity contribution in [2.24, 2.45) is 0 Å². The molecule has 0 aromatic carbocycles. The van der Waals surface area contributed by atoms with E-state index in [2.05, 4.69) is 6.92 Å². The van der Waals surface area contributed by atoms with E-state index in [1.165, 1.54) is 25.7 Å². The van der Waals surface area contributed by atoms with E-state index in [-0.39, 0.29) is 68.5 Å². The van der Waals surface area contributed by atoms with Crippen molar-refractivity contribution < 1.29 is 79.7 Å². The van der Waals surface area contributed by atoms with Crippen LogP contribution in [0.5, 0.6) is 0 Å². The van der Waals surface area contributed by atoms with Crippen molar-refractivity contribution >= 4 is 16.2 Å². The SMILES string of the molecule is CCCCCCCCCCN(C(C)=O)S(=O)(=O)O.[H-].[H-].[Na+].[Na+]. The van der Waals surface area contributed by atoms with Crippen LogP contribution in [0.15, 0.2) is 0 Å². The maximum Gasteiger partial charge on any atom is 1.00 e. The Kier molecular flexibility index (Phi) is 20.1. The Morgan fingerprint density at radius 1 is 1.00 bits per heavy atom. The predicted molar refractivity (Wildman–Crippen MR) is 73.8 cm³/mol. The first-order chi connectivity index (χ1) is 8.39. The number of carbonyl (C=O) groups is 1. The third-order valence-corrected chi connectivity index (χ3v) is 3.84. The second-order valence-corrected chi connectivity index (χ2v) is 5.88. The van der Waals surface area contributed by atoms with Gasteiger partial charge in [-0.2, -0.15) is 8.42 Å². The molecule has 0 aromatic rings. The molecule has 1 amide bonds. The minimum Gasteiger partial charge on any atom is -1.00 e. The largest absolute Gasteiger partial charge is 1.00 e. The van der Waals surface area contributed by atoms with E-state index in [9.17, 15) is 13.2 Å². The summed E-state index contributed by atoms with van der Waals surface area (Å²) in [6.45, 7) is 3.38. The summed E-state index contributed by atoms with van der Waals surface area (Å²) in [6, 6.07) is 0. The summed E-state index contributed by atoms with van der Waals surface area (Å²) in [5.41, 5.74) is 0. The molecule has 0 spiro atoms. The zero-order chi connectivity index (χ0) is 14.0. The number of unbranched alkanes of at least 4 members (excludes halogenated alkanes) is 7. The van der Waals surface area contributed by atoms with E-state index in [0.29, 0.717) is 10.7 Å². The number of rotatable bonds is 10. The predicted octanol–water partition coefficient (Wildman–Crippen LogP) is -2.99. The number of hydrogen-bond donors (Lipinski definition) is 1. The molecule has 0 heterocycles. The fraction of sp³-hybridized carbons (Fsp3) is 0.917. The first kappa shape index (κ1) is 26.3. The fourth-order valence-electron chi connectivity index (χ4n) is 1.82. The summed E-state index contributed by atoms with van der Waals surface area (Å²) >= 11 is 0. The van der Waals surface area contributed by atoms with Crippen LogP contribution in [0.25, 0.3) is 0 Å². The van der Waals surface area contributed by atoms with Crippen molar-refractivity contribution in [1.29, 1.82) is 0 Å². The normalized spacial score (nSPS) is 10.3. The Bertz CT molecular complexity index is 346. The zero-order valence-electron chi connectivity index (χ0n) is 15.4. The topological polar surface area (TPSA) is 74.7 Å². The summed E-state index contributed by atoms with van der Waals surface area (Å²) < 4.78 is 31.1. The van der Waals surface area contributed by atoms with Crippen molar-refractivity contribution in [3.8, 4) is 0 Å². The second kappa shape index (κ2) is 15.3. The summed E-state index contributed by atoms with van der Waals surface area (Å²) in [7, 11) is -4.39. The van der Waals surface area contributed by atoms with Gasteiger partial charge in [0.25, 0.3) is 0 Å². The molecular formula is C12H27NNa2O4S. The molecule has 0 aliphatic carbocycles. The van der Waals surface area contributed by atoms with Gasteiger partial charge < -0.3 is 2.85 Å². The Balaban J connectivity index is -0.000000241. The molecule has 0 unspecified atom stereocenters. The van der Waals surface area contributed by atoms with Crippen LogP contribution in [0.3, 0.4) is 0 Å². The molecule has 0 aliphatic rings. The van der Waals surface area contributed by atoms with Crippen LogP contribution in [0.2, 0.25) is 0 Å². The van der Waals surface area contributed by atoms with Gasteiger partial charge in [0.1, 0.15) is 0 Å². The molecule has 5 nitrogen and oxygen atoms in total. The standard InChI is InChI=1S/C12H25NO4S.2Na.2H/c1-3-4-5-6-7-8-9-10-11-13(12(2)14)18(15,16)17;;;;/h3-11H2,1-2H3,(H,15,16,17);;;;/q;2*+1;2*-1. The van der Waals surface area contributed by atoms with Crippen LogP contribution in [0, 0.1) is 0 Å². The van der Waals surface area contributed by atoms with Gasteiger partial charge in [0.2, 0.25) is 5.91 Å². The van der Waals surface area contributed by atoms with Crippen LogP contribution < -0.4 is 59.1 Å². The first-order valence-corrected chi connectivity index (χ1v) is 8.05. The molecule has 0 aromatic heterocycles. The summed E-state index contributed by atoms with van der Waals surface area (Å²) in [5.74, 6) is -0.638. The Labute approximate surface area is 170 Å². The molecule has 0 bridgehead atoms. The van der Waals surface area contributed by atoms with Gasteiger partial charge in [0.15, 0.2) is 0 Å². The Morgan fingerprint density at radius 3 is 1.75 bits per heavy atom. The molecule has 112 valence electrons. The van der Waals surface area contributed by atoms with Gasteiger partial charge in [-0.25, -0.2) is 4.31 Å². The maximum absolute atomic E-state index is 11.0. The van der Waals surface area contributed by atoms with Crippen molar-refractivity contribution in [3.63, 3.8) is 0 Å². The fourth-order valence-corrected chi connectivity index (χ4v) is 2.51. The number of hydrogen-bond acceptors (Lipinski definition) is 3.